The van der Waals surface area contributed by atoms with Gasteiger partial charge in [0.2, 0.25) is 0 Å². The second-order valence-electron chi connectivity index (χ2n) is 4.27. The lowest BCUT2D eigenvalue weighted by atomic mass is 10.3. The molecule has 0 saturated carbocycles. The van der Waals surface area contributed by atoms with Crippen molar-refractivity contribution < 1.29 is 12.8 Å². The number of unbranched alkanes of at least 4 members (excludes halogenated alkanes) is 2. The second kappa shape index (κ2) is 7.36. The summed E-state index contributed by atoms with van der Waals surface area (Å²) in [5.74, 6) is -0.0916. The molecule has 0 fully saturated rings. The molecule has 1 aromatic rings. The standard InChI is InChI=1S/C13H20FNO2S/c1-2-3-6-10-18(16,17)11-9-15-13-8-5-4-7-12(13)14/h4-5,7-8,15H,2-3,6,9-11H2,1H3. The van der Waals surface area contributed by atoms with E-state index < -0.39 is 9.84 Å². The Hall–Kier alpha value is -1.10. The first kappa shape index (κ1) is 15.0. The lowest BCUT2D eigenvalue weighted by Crippen LogP contribution is -2.18. The van der Waals surface area contributed by atoms with Crippen LogP contribution in [0.25, 0.3) is 0 Å². The Morgan fingerprint density at radius 3 is 2.56 bits per heavy atom. The number of anilines is 1. The molecule has 102 valence electrons. The van der Waals surface area contributed by atoms with Crippen molar-refractivity contribution in [1.29, 1.82) is 0 Å². The van der Waals surface area contributed by atoms with Crippen molar-refractivity contribution in [2.45, 2.75) is 26.2 Å². The van der Waals surface area contributed by atoms with Gasteiger partial charge in [-0.25, -0.2) is 12.8 Å². The van der Waals surface area contributed by atoms with Gasteiger partial charge >= 0.3 is 0 Å². The average molecular weight is 273 g/mol. The third kappa shape index (κ3) is 5.49. The zero-order valence-corrected chi connectivity index (χ0v) is 11.5. The largest absolute Gasteiger partial charge is 0.382 e. The minimum atomic E-state index is -3.02. The molecule has 0 atom stereocenters. The molecule has 0 unspecified atom stereocenters. The van der Waals surface area contributed by atoms with Gasteiger partial charge in [-0.1, -0.05) is 31.9 Å². The quantitative estimate of drug-likeness (QED) is 0.741. The third-order valence-corrected chi connectivity index (χ3v) is 4.40. The van der Waals surface area contributed by atoms with Crippen molar-refractivity contribution in [3.05, 3.63) is 30.1 Å². The molecule has 1 aromatic carbocycles. The smallest absolute Gasteiger partial charge is 0.152 e. The van der Waals surface area contributed by atoms with Gasteiger partial charge in [0.1, 0.15) is 5.82 Å². The van der Waals surface area contributed by atoms with Crippen molar-refractivity contribution in [1.82, 2.24) is 0 Å². The fraction of sp³-hybridized carbons (Fsp3) is 0.538. The highest BCUT2D eigenvalue weighted by Crippen LogP contribution is 2.11. The Bertz CT molecular complexity index is 460. The van der Waals surface area contributed by atoms with E-state index in [-0.39, 0.29) is 23.9 Å². The minimum absolute atomic E-state index is 0.0467. The number of benzene rings is 1. The lowest BCUT2D eigenvalue weighted by molar-refractivity contribution is 0.591. The number of nitrogens with one attached hydrogen (secondary N) is 1. The van der Waals surface area contributed by atoms with Gasteiger partial charge in [0.05, 0.1) is 17.2 Å². The van der Waals surface area contributed by atoms with Crippen molar-refractivity contribution in [3.8, 4) is 0 Å². The van der Waals surface area contributed by atoms with Crippen LogP contribution in [0.1, 0.15) is 26.2 Å². The molecule has 0 saturated heterocycles. The van der Waals surface area contributed by atoms with Crippen molar-refractivity contribution in [3.63, 3.8) is 0 Å². The van der Waals surface area contributed by atoms with Gasteiger partial charge in [-0.3, -0.25) is 0 Å². The molecule has 0 aliphatic rings. The Labute approximate surface area is 108 Å². The molecule has 0 heterocycles. The minimum Gasteiger partial charge on any atom is -0.382 e. The summed E-state index contributed by atoms with van der Waals surface area (Å²) in [4.78, 5) is 0. The van der Waals surface area contributed by atoms with Crippen molar-refractivity contribution in [2.24, 2.45) is 0 Å². The van der Waals surface area contributed by atoms with Crippen LogP contribution < -0.4 is 5.32 Å². The first-order valence-electron chi connectivity index (χ1n) is 6.24. The Morgan fingerprint density at radius 1 is 1.17 bits per heavy atom. The molecular formula is C13H20FNO2S. The molecule has 5 heteroatoms. The van der Waals surface area contributed by atoms with Gasteiger partial charge in [0.25, 0.3) is 0 Å². The van der Waals surface area contributed by atoms with E-state index >= 15 is 0 Å². The van der Waals surface area contributed by atoms with E-state index in [9.17, 15) is 12.8 Å². The molecule has 0 aliphatic heterocycles. The van der Waals surface area contributed by atoms with E-state index in [4.69, 9.17) is 0 Å². The van der Waals surface area contributed by atoms with Gasteiger partial charge in [0.15, 0.2) is 9.84 Å². The molecule has 0 amide bonds. The van der Waals surface area contributed by atoms with E-state index in [1.54, 1.807) is 18.2 Å². The van der Waals surface area contributed by atoms with Crippen LogP contribution in [0.2, 0.25) is 0 Å². The number of halogens is 1. The molecule has 0 radical (unpaired) electrons. The van der Waals surface area contributed by atoms with E-state index in [1.807, 2.05) is 6.92 Å². The first-order chi connectivity index (χ1) is 8.55. The summed E-state index contributed by atoms with van der Waals surface area (Å²) < 4.78 is 36.5. The molecule has 18 heavy (non-hydrogen) atoms. The van der Waals surface area contributed by atoms with E-state index in [1.165, 1.54) is 6.07 Å². The number of para-hydroxylation sites is 1. The summed E-state index contributed by atoms with van der Waals surface area (Å²) in [7, 11) is -3.02. The molecular weight excluding hydrogens is 253 g/mol. The summed E-state index contributed by atoms with van der Waals surface area (Å²) in [6.07, 6.45) is 2.64. The maximum atomic E-state index is 13.2. The molecule has 1 rings (SSSR count). The molecule has 3 nitrogen and oxygen atoms in total. The first-order valence-corrected chi connectivity index (χ1v) is 8.06. The third-order valence-electron chi connectivity index (χ3n) is 2.66. The van der Waals surface area contributed by atoms with Crippen LogP contribution in [0.4, 0.5) is 10.1 Å². The van der Waals surface area contributed by atoms with E-state index in [0.717, 1.165) is 12.8 Å². The second-order valence-corrected chi connectivity index (χ2v) is 6.57. The van der Waals surface area contributed by atoms with Crippen LogP contribution >= 0.6 is 0 Å². The maximum absolute atomic E-state index is 13.2. The highest BCUT2D eigenvalue weighted by molar-refractivity contribution is 7.91. The average Bonchev–Trinajstić information content (AvgIpc) is 2.32. The van der Waals surface area contributed by atoms with Gasteiger partial charge < -0.3 is 5.32 Å². The van der Waals surface area contributed by atoms with Crippen molar-refractivity contribution >= 4 is 15.5 Å². The van der Waals surface area contributed by atoms with E-state index in [2.05, 4.69) is 5.32 Å². The number of hydrogen-bond donors (Lipinski definition) is 1. The summed E-state index contributed by atoms with van der Waals surface area (Å²) >= 11 is 0. The summed E-state index contributed by atoms with van der Waals surface area (Å²) in [6.45, 7) is 2.28. The highest BCUT2D eigenvalue weighted by Gasteiger charge is 2.10. The van der Waals surface area contributed by atoms with E-state index in [0.29, 0.717) is 12.1 Å². The fourth-order valence-corrected chi connectivity index (χ4v) is 2.88. The number of hydrogen-bond acceptors (Lipinski definition) is 3. The van der Waals surface area contributed by atoms with Gasteiger partial charge in [0, 0.05) is 6.54 Å². The van der Waals surface area contributed by atoms with Crippen LogP contribution in [0.3, 0.4) is 0 Å². The summed E-state index contributed by atoms with van der Waals surface area (Å²) in [6, 6.07) is 6.25. The number of rotatable bonds is 8. The topological polar surface area (TPSA) is 46.2 Å². The molecule has 0 aromatic heterocycles. The molecule has 0 spiro atoms. The lowest BCUT2D eigenvalue weighted by Gasteiger charge is -2.08. The van der Waals surface area contributed by atoms with Crippen LogP contribution in [0.5, 0.6) is 0 Å². The normalized spacial score (nSPS) is 11.4. The zero-order valence-electron chi connectivity index (χ0n) is 10.7. The number of sulfone groups is 1. The predicted molar refractivity (Wildman–Crippen MR) is 73.1 cm³/mol. The van der Waals surface area contributed by atoms with Gasteiger partial charge in [-0.05, 0) is 18.6 Å². The predicted octanol–water partition coefficient (Wildman–Crippen LogP) is 2.84. The van der Waals surface area contributed by atoms with Gasteiger partial charge in [-0.15, -0.1) is 0 Å². The molecule has 1 N–H and O–H groups in total. The van der Waals surface area contributed by atoms with Crippen LogP contribution in [0.15, 0.2) is 24.3 Å². The van der Waals surface area contributed by atoms with Crippen LogP contribution in [-0.2, 0) is 9.84 Å². The molecule has 0 aliphatic carbocycles. The molecule has 0 bridgehead atoms. The Kier molecular flexibility index (Phi) is 6.12. The van der Waals surface area contributed by atoms with Crippen molar-refractivity contribution in [2.75, 3.05) is 23.4 Å². The summed E-state index contributed by atoms with van der Waals surface area (Å²) in [5.41, 5.74) is 0.348. The monoisotopic (exact) mass is 273 g/mol. The van der Waals surface area contributed by atoms with Gasteiger partial charge in [-0.2, -0.15) is 0 Å². The maximum Gasteiger partial charge on any atom is 0.152 e. The Balaban J connectivity index is 2.35. The fourth-order valence-electron chi connectivity index (χ4n) is 1.62. The SMILES string of the molecule is CCCCCS(=O)(=O)CCNc1ccccc1F. The Morgan fingerprint density at radius 2 is 1.89 bits per heavy atom. The zero-order chi connectivity index (χ0) is 13.4. The summed E-state index contributed by atoms with van der Waals surface area (Å²) in [5, 5.41) is 2.81. The van der Waals surface area contributed by atoms with Crippen LogP contribution in [0, 0.1) is 5.82 Å². The van der Waals surface area contributed by atoms with Crippen LogP contribution in [-0.4, -0.2) is 26.5 Å². The highest BCUT2D eigenvalue weighted by atomic mass is 32.2.